The van der Waals surface area contributed by atoms with E-state index >= 15 is 0 Å². The summed E-state index contributed by atoms with van der Waals surface area (Å²) >= 11 is 5.16. The van der Waals surface area contributed by atoms with Gasteiger partial charge >= 0.3 is 0 Å². The molecule has 1 saturated carbocycles. The van der Waals surface area contributed by atoms with Crippen molar-refractivity contribution < 1.29 is 0 Å². The van der Waals surface area contributed by atoms with E-state index in [1.165, 1.54) is 32.1 Å². The summed E-state index contributed by atoms with van der Waals surface area (Å²) < 4.78 is 2.09. The van der Waals surface area contributed by atoms with Crippen LogP contribution in [0.4, 0.5) is 5.82 Å². The van der Waals surface area contributed by atoms with Crippen LogP contribution in [0.15, 0.2) is 12.8 Å². The van der Waals surface area contributed by atoms with Crippen LogP contribution in [0.25, 0.3) is 5.70 Å². The Kier molecular flexibility index (Phi) is 2.63. The summed E-state index contributed by atoms with van der Waals surface area (Å²) in [6, 6.07) is 0.508. The van der Waals surface area contributed by atoms with Crippen molar-refractivity contribution in [3.05, 3.63) is 18.3 Å². The molecule has 90 valence electrons. The van der Waals surface area contributed by atoms with Gasteiger partial charge in [0, 0.05) is 5.70 Å². The zero-order valence-corrected chi connectivity index (χ0v) is 10.5. The summed E-state index contributed by atoms with van der Waals surface area (Å²) in [5.41, 5.74) is 1.87. The SMILES string of the molecule is C=C1NC(=S)Nc2c1cnn2C1CCCCC1. The van der Waals surface area contributed by atoms with E-state index in [0.717, 1.165) is 17.1 Å². The average Bonchev–Trinajstić information content (AvgIpc) is 2.74. The van der Waals surface area contributed by atoms with Crippen molar-refractivity contribution in [3.63, 3.8) is 0 Å². The molecule has 1 aliphatic heterocycles. The molecule has 1 aromatic heterocycles. The van der Waals surface area contributed by atoms with E-state index in [2.05, 4.69) is 27.0 Å². The first-order valence-corrected chi connectivity index (χ1v) is 6.51. The number of hydrogen-bond acceptors (Lipinski definition) is 2. The number of thiocarbonyl (C=S) groups is 1. The minimum Gasteiger partial charge on any atom is -0.332 e. The molecule has 0 atom stereocenters. The Morgan fingerprint density at radius 3 is 2.82 bits per heavy atom. The molecule has 4 nitrogen and oxygen atoms in total. The molecule has 2 N–H and O–H groups in total. The molecule has 5 heteroatoms. The molecule has 1 aromatic rings. The second-order valence-electron chi connectivity index (χ2n) is 4.70. The molecule has 1 aliphatic carbocycles. The minimum absolute atomic E-state index is 0.508. The lowest BCUT2D eigenvalue weighted by atomic mass is 9.95. The molecular weight excluding hydrogens is 232 g/mol. The van der Waals surface area contributed by atoms with Crippen molar-refractivity contribution in [2.45, 2.75) is 38.1 Å². The smallest absolute Gasteiger partial charge is 0.176 e. The van der Waals surface area contributed by atoms with Gasteiger partial charge in [-0.2, -0.15) is 5.10 Å². The highest BCUT2D eigenvalue weighted by Gasteiger charge is 2.25. The number of anilines is 1. The first-order chi connectivity index (χ1) is 8.25. The van der Waals surface area contributed by atoms with E-state index in [1.54, 1.807) is 0 Å². The Morgan fingerprint density at radius 2 is 2.06 bits per heavy atom. The van der Waals surface area contributed by atoms with Crippen molar-refractivity contribution in [1.29, 1.82) is 0 Å². The molecular formula is C12H16N4S. The summed E-state index contributed by atoms with van der Waals surface area (Å²) in [6.07, 6.45) is 8.23. The number of hydrogen-bond donors (Lipinski definition) is 2. The van der Waals surface area contributed by atoms with Crippen molar-refractivity contribution in [1.82, 2.24) is 15.1 Å². The zero-order chi connectivity index (χ0) is 11.8. The Bertz CT molecular complexity index is 471. The minimum atomic E-state index is 0.508. The van der Waals surface area contributed by atoms with Gasteiger partial charge in [-0.25, -0.2) is 4.68 Å². The number of nitrogens with one attached hydrogen (secondary N) is 2. The van der Waals surface area contributed by atoms with Crippen LogP contribution in [0.3, 0.4) is 0 Å². The topological polar surface area (TPSA) is 41.9 Å². The molecule has 0 aromatic carbocycles. The maximum absolute atomic E-state index is 5.16. The van der Waals surface area contributed by atoms with Crippen molar-refractivity contribution in [2.75, 3.05) is 5.32 Å². The lowest BCUT2D eigenvalue weighted by molar-refractivity contribution is 0.333. The van der Waals surface area contributed by atoms with Gasteiger partial charge in [-0.05, 0) is 25.1 Å². The molecule has 3 rings (SSSR count). The molecule has 0 spiro atoms. The van der Waals surface area contributed by atoms with E-state index in [-0.39, 0.29) is 0 Å². The number of rotatable bonds is 1. The summed E-state index contributed by atoms with van der Waals surface area (Å²) in [7, 11) is 0. The van der Waals surface area contributed by atoms with Crippen molar-refractivity contribution in [2.24, 2.45) is 0 Å². The van der Waals surface area contributed by atoms with Crippen LogP contribution >= 0.6 is 12.2 Å². The fourth-order valence-corrected chi connectivity index (χ4v) is 2.87. The predicted octanol–water partition coefficient (Wildman–Crippen LogP) is 2.66. The summed E-state index contributed by atoms with van der Waals surface area (Å²) in [5.74, 6) is 1.01. The molecule has 0 radical (unpaired) electrons. The second-order valence-corrected chi connectivity index (χ2v) is 5.11. The van der Waals surface area contributed by atoms with Gasteiger partial charge in [0.05, 0.1) is 17.8 Å². The largest absolute Gasteiger partial charge is 0.332 e. The molecule has 0 unspecified atom stereocenters. The first kappa shape index (κ1) is 10.8. The average molecular weight is 248 g/mol. The van der Waals surface area contributed by atoms with Gasteiger partial charge in [0.25, 0.3) is 0 Å². The highest BCUT2D eigenvalue weighted by atomic mass is 32.1. The summed E-state index contributed by atoms with van der Waals surface area (Å²) in [5, 5.41) is 11.3. The molecule has 2 heterocycles. The van der Waals surface area contributed by atoms with Crippen LogP contribution in [0, 0.1) is 0 Å². The normalized spacial score (nSPS) is 20.7. The second kappa shape index (κ2) is 4.14. The predicted molar refractivity (Wildman–Crippen MR) is 72.7 cm³/mol. The number of fused-ring (bicyclic) bond motifs is 1. The van der Waals surface area contributed by atoms with E-state index in [9.17, 15) is 0 Å². The van der Waals surface area contributed by atoms with E-state index < -0.39 is 0 Å². The molecule has 0 saturated heterocycles. The van der Waals surface area contributed by atoms with Gasteiger partial charge in [-0.1, -0.05) is 25.8 Å². The van der Waals surface area contributed by atoms with Crippen molar-refractivity contribution >= 4 is 28.8 Å². The monoisotopic (exact) mass is 248 g/mol. The van der Waals surface area contributed by atoms with Crippen LogP contribution in [-0.4, -0.2) is 14.9 Å². The van der Waals surface area contributed by atoms with E-state index in [0.29, 0.717) is 11.2 Å². The highest BCUT2D eigenvalue weighted by molar-refractivity contribution is 7.80. The molecule has 0 amide bonds. The van der Waals surface area contributed by atoms with Crippen LogP contribution in [0.2, 0.25) is 0 Å². The maximum Gasteiger partial charge on any atom is 0.176 e. The fraction of sp³-hybridized carbons (Fsp3) is 0.500. The maximum atomic E-state index is 5.16. The van der Waals surface area contributed by atoms with Gasteiger partial charge < -0.3 is 10.6 Å². The van der Waals surface area contributed by atoms with Gasteiger partial charge in [-0.15, -0.1) is 0 Å². The first-order valence-electron chi connectivity index (χ1n) is 6.10. The quantitative estimate of drug-likeness (QED) is 0.750. The molecule has 2 aliphatic rings. The molecule has 1 fully saturated rings. The highest BCUT2D eigenvalue weighted by Crippen LogP contribution is 2.33. The van der Waals surface area contributed by atoms with E-state index in [4.69, 9.17) is 12.2 Å². The Hall–Kier alpha value is -1.36. The van der Waals surface area contributed by atoms with Gasteiger partial charge in [0.2, 0.25) is 0 Å². The molecule has 0 bridgehead atoms. The van der Waals surface area contributed by atoms with Crippen LogP contribution in [0.1, 0.15) is 43.7 Å². The van der Waals surface area contributed by atoms with Crippen molar-refractivity contribution in [3.8, 4) is 0 Å². The van der Waals surface area contributed by atoms with Crippen LogP contribution in [-0.2, 0) is 0 Å². The Morgan fingerprint density at radius 1 is 1.29 bits per heavy atom. The molecule has 17 heavy (non-hydrogen) atoms. The zero-order valence-electron chi connectivity index (χ0n) is 9.70. The van der Waals surface area contributed by atoms with Gasteiger partial charge in [0.1, 0.15) is 5.82 Å². The number of aromatic nitrogens is 2. The van der Waals surface area contributed by atoms with Crippen LogP contribution < -0.4 is 10.6 Å². The third-order valence-corrected chi connectivity index (χ3v) is 3.74. The summed E-state index contributed by atoms with van der Waals surface area (Å²) in [4.78, 5) is 0. The third-order valence-electron chi connectivity index (χ3n) is 3.54. The van der Waals surface area contributed by atoms with Gasteiger partial charge in [0.15, 0.2) is 5.11 Å². The Balaban J connectivity index is 1.96. The third kappa shape index (κ3) is 1.84. The standard InChI is InChI=1S/C12H16N4S/c1-8-10-7-13-16(9-5-3-2-4-6-9)11(10)15-12(17)14-8/h7,9H,1-6H2,(H2,14,15,17). The summed E-state index contributed by atoms with van der Waals surface area (Å²) in [6.45, 7) is 3.97. The van der Waals surface area contributed by atoms with E-state index in [1.807, 2.05) is 6.20 Å². The van der Waals surface area contributed by atoms with Crippen LogP contribution in [0.5, 0.6) is 0 Å². The lowest BCUT2D eigenvalue weighted by Crippen LogP contribution is -2.33. The fourth-order valence-electron chi connectivity index (χ4n) is 2.65. The van der Waals surface area contributed by atoms with Gasteiger partial charge in [-0.3, -0.25) is 0 Å². The Labute approximate surface area is 106 Å². The number of nitrogens with zero attached hydrogens (tertiary/aromatic N) is 2. The lowest BCUT2D eigenvalue weighted by Gasteiger charge is -2.26.